The van der Waals surface area contributed by atoms with E-state index >= 15 is 0 Å². The Labute approximate surface area is 69.9 Å². The summed E-state index contributed by atoms with van der Waals surface area (Å²) in [6, 6.07) is 0. The Morgan fingerprint density at radius 1 is 1.00 bits per heavy atom. The van der Waals surface area contributed by atoms with Gasteiger partial charge in [0.1, 0.15) is 6.61 Å². The zero-order chi connectivity index (χ0) is 8.95. The van der Waals surface area contributed by atoms with Gasteiger partial charge in [-0.05, 0) is 0 Å². The summed E-state index contributed by atoms with van der Waals surface area (Å²) in [7, 11) is 5.24. The van der Waals surface area contributed by atoms with Gasteiger partial charge in [0.2, 0.25) is 0 Å². The molecule has 0 radical (unpaired) electrons. The summed E-state index contributed by atoms with van der Waals surface area (Å²) < 4.78 is 8.82. The van der Waals surface area contributed by atoms with Gasteiger partial charge in [0, 0.05) is 7.11 Å². The van der Waals surface area contributed by atoms with Crippen LogP contribution in [0.3, 0.4) is 0 Å². The minimum atomic E-state index is 0.493. The van der Waals surface area contributed by atoms with E-state index < -0.39 is 0 Å². The molecule has 70 valence electrons. The summed E-state index contributed by atoms with van der Waals surface area (Å²) in [5.41, 5.74) is 0. The maximum atomic E-state index is 4.64. The largest absolute Gasteiger partial charge is 0.382 e. The molecular formula is C5H16O5Si. The van der Waals surface area contributed by atoms with Crippen molar-refractivity contribution in [2.75, 3.05) is 34.5 Å². The van der Waals surface area contributed by atoms with E-state index in [4.69, 9.17) is 0 Å². The van der Waals surface area contributed by atoms with Crippen molar-refractivity contribution in [2.24, 2.45) is 0 Å². The van der Waals surface area contributed by atoms with Gasteiger partial charge in [-0.15, -0.1) is 0 Å². The van der Waals surface area contributed by atoms with Crippen molar-refractivity contribution in [3.05, 3.63) is 0 Å². The van der Waals surface area contributed by atoms with E-state index in [-0.39, 0.29) is 0 Å². The fourth-order valence-corrected chi connectivity index (χ4v) is 0.201. The van der Waals surface area contributed by atoms with E-state index in [0.717, 1.165) is 0 Å². The maximum Gasteiger partial charge on any atom is 0.193 e. The average Bonchev–Trinajstić information content (AvgIpc) is 2.06. The van der Waals surface area contributed by atoms with Crippen molar-refractivity contribution >= 4 is 10.5 Å². The first-order chi connectivity index (χ1) is 5.33. The lowest BCUT2D eigenvalue weighted by Crippen LogP contribution is -1.99. The molecule has 0 aliphatic carbocycles. The van der Waals surface area contributed by atoms with Crippen LogP contribution in [0.15, 0.2) is 0 Å². The molecule has 0 saturated carbocycles. The van der Waals surface area contributed by atoms with Crippen LogP contribution in [0.2, 0.25) is 0 Å². The van der Waals surface area contributed by atoms with Crippen LogP contribution in [0.1, 0.15) is 0 Å². The highest BCUT2D eigenvalue weighted by molar-refractivity contribution is 5.97. The quantitative estimate of drug-likeness (QED) is 0.239. The molecule has 0 aliphatic heterocycles. The summed E-state index contributed by atoms with van der Waals surface area (Å²) in [5.74, 6) is 0. The second-order valence-electron chi connectivity index (χ2n) is 1.31. The second-order valence-corrected chi connectivity index (χ2v) is 1.65. The molecule has 0 saturated heterocycles. The lowest BCUT2D eigenvalue weighted by atomic mass is 10.8. The van der Waals surface area contributed by atoms with Gasteiger partial charge in [-0.25, -0.2) is 9.78 Å². The van der Waals surface area contributed by atoms with Gasteiger partial charge in [-0.2, -0.15) is 0 Å². The molecule has 0 aromatic carbocycles. The Balaban J connectivity index is 0. The van der Waals surface area contributed by atoms with Gasteiger partial charge < -0.3 is 4.74 Å². The number of rotatable bonds is 5. The minimum absolute atomic E-state index is 0.493. The molecule has 6 heteroatoms. The van der Waals surface area contributed by atoms with Crippen LogP contribution in [0.25, 0.3) is 0 Å². The van der Waals surface area contributed by atoms with Crippen molar-refractivity contribution in [1.82, 2.24) is 0 Å². The molecule has 11 heavy (non-hydrogen) atoms. The minimum Gasteiger partial charge on any atom is -0.382 e. The van der Waals surface area contributed by atoms with E-state index in [1.807, 2.05) is 0 Å². The predicted molar refractivity (Wildman–Crippen MR) is 42.9 cm³/mol. The molecule has 0 fully saturated rings. The summed E-state index contributed by atoms with van der Waals surface area (Å²) in [5, 5.41) is 0. The van der Waals surface area contributed by atoms with Crippen LogP contribution in [-0.4, -0.2) is 45.0 Å². The first-order valence-electron chi connectivity index (χ1n) is 3.04. The van der Waals surface area contributed by atoms with E-state index in [2.05, 4.69) is 24.0 Å². The first-order valence-corrected chi connectivity index (χ1v) is 3.86. The van der Waals surface area contributed by atoms with Crippen LogP contribution >= 0.6 is 0 Å². The second kappa shape index (κ2) is 16.5. The van der Waals surface area contributed by atoms with Crippen LogP contribution in [0, 0.1) is 0 Å². The van der Waals surface area contributed by atoms with E-state index in [1.54, 1.807) is 7.11 Å². The van der Waals surface area contributed by atoms with Crippen molar-refractivity contribution < 1.29 is 24.0 Å². The van der Waals surface area contributed by atoms with Gasteiger partial charge >= 0.3 is 0 Å². The molecule has 5 nitrogen and oxygen atoms in total. The van der Waals surface area contributed by atoms with Crippen molar-refractivity contribution in [1.29, 1.82) is 0 Å². The monoisotopic (exact) mass is 184 g/mol. The van der Waals surface area contributed by atoms with Gasteiger partial charge in [0.25, 0.3) is 0 Å². The molecule has 0 rings (SSSR count). The van der Waals surface area contributed by atoms with Gasteiger partial charge in [0.05, 0.1) is 20.8 Å². The molecule has 0 unspecified atom stereocenters. The molecular weight excluding hydrogens is 168 g/mol. The third-order valence-electron chi connectivity index (χ3n) is 0.655. The van der Waals surface area contributed by atoms with Crippen molar-refractivity contribution in [2.45, 2.75) is 0 Å². The lowest BCUT2D eigenvalue weighted by Gasteiger charge is -1.95. The average molecular weight is 184 g/mol. The zero-order valence-corrected chi connectivity index (χ0v) is 9.46. The third kappa shape index (κ3) is 25.6. The molecule has 0 aromatic rings. The third-order valence-corrected chi connectivity index (χ3v) is 0.989. The molecule has 0 heterocycles. The highest BCUT2D eigenvalue weighted by Gasteiger charge is 1.79. The highest BCUT2D eigenvalue weighted by atomic mass is 28.2. The maximum absolute atomic E-state index is 4.64. The topological polar surface area (TPSA) is 46.2 Å². The van der Waals surface area contributed by atoms with E-state index in [0.29, 0.717) is 23.7 Å². The zero-order valence-electron chi connectivity index (χ0n) is 7.46. The number of ether oxygens (including phenoxy) is 1. The lowest BCUT2D eigenvalue weighted by molar-refractivity contribution is -0.276. The molecule has 0 atom stereocenters. The molecule has 0 amide bonds. The highest BCUT2D eigenvalue weighted by Crippen LogP contribution is 1.71. The van der Waals surface area contributed by atoms with Crippen molar-refractivity contribution in [3.8, 4) is 0 Å². The van der Waals surface area contributed by atoms with E-state index in [9.17, 15) is 0 Å². The molecule has 0 bridgehead atoms. The fraction of sp³-hybridized carbons (Fsp3) is 1.00. The van der Waals surface area contributed by atoms with Crippen LogP contribution in [-0.2, 0) is 24.0 Å². The number of hydrogen-bond donors (Lipinski definition) is 0. The standard InChI is InChI=1S/C4H10O3.CH6O2Si/c1-5-3-4-7-6-2;1-2-3-4/h3-4H2,1-2H3;1,4H3. The van der Waals surface area contributed by atoms with Gasteiger partial charge in [-0.1, -0.05) is 0 Å². The number of methoxy groups -OCH3 is 1. The normalized spacial score (nSPS) is 9.00. The van der Waals surface area contributed by atoms with Crippen LogP contribution < -0.4 is 0 Å². The Bertz CT molecular complexity index is 48.1. The fourth-order valence-electron chi connectivity index (χ4n) is 0.201. The van der Waals surface area contributed by atoms with Gasteiger partial charge in [0.15, 0.2) is 10.5 Å². The summed E-state index contributed by atoms with van der Waals surface area (Å²) >= 11 is 0. The Morgan fingerprint density at radius 2 is 1.55 bits per heavy atom. The molecule has 0 aliphatic rings. The van der Waals surface area contributed by atoms with Crippen LogP contribution in [0.4, 0.5) is 0 Å². The summed E-state index contributed by atoms with van der Waals surface area (Å²) in [6.45, 7) is 1.07. The smallest absolute Gasteiger partial charge is 0.193 e. The molecule has 0 N–H and O–H groups in total. The number of hydrogen-bond acceptors (Lipinski definition) is 5. The van der Waals surface area contributed by atoms with E-state index in [1.165, 1.54) is 14.2 Å². The first kappa shape index (κ1) is 13.6. The molecule has 0 spiro atoms. The Kier molecular flexibility index (Phi) is 20.4. The summed E-state index contributed by atoms with van der Waals surface area (Å²) in [6.07, 6.45) is 0. The Morgan fingerprint density at radius 3 is 1.82 bits per heavy atom. The SMILES string of the molecule is COCCOOC.COO[SiH3]. The van der Waals surface area contributed by atoms with Gasteiger partial charge in [-0.3, -0.25) is 9.46 Å². The molecule has 0 aromatic heterocycles. The van der Waals surface area contributed by atoms with Crippen molar-refractivity contribution in [3.63, 3.8) is 0 Å². The van der Waals surface area contributed by atoms with Crippen LogP contribution in [0.5, 0.6) is 0 Å². The Hall–Kier alpha value is 0.0169. The summed E-state index contributed by atoms with van der Waals surface area (Å²) in [4.78, 5) is 12.8. The predicted octanol–water partition coefficient (Wildman–Crippen LogP) is -0.944.